The Labute approximate surface area is 87.0 Å². The zero-order valence-electron chi connectivity index (χ0n) is 6.97. The Morgan fingerprint density at radius 2 is 2.13 bits per heavy atom. The molecule has 0 aromatic carbocycles. The van der Waals surface area contributed by atoms with Gasteiger partial charge < -0.3 is 10.5 Å². The predicted molar refractivity (Wildman–Crippen MR) is 45.1 cm³/mol. The summed E-state index contributed by atoms with van der Waals surface area (Å²) in [5.41, 5.74) is 4.60. The number of anilines is 1. The average molecular weight is 238 g/mol. The molecule has 0 aliphatic heterocycles. The van der Waals surface area contributed by atoms with Crippen molar-refractivity contribution in [2.24, 2.45) is 0 Å². The maximum Gasteiger partial charge on any atom is 0.574 e. The van der Waals surface area contributed by atoms with Gasteiger partial charge in [0, 0.05) is 0 Å². The van der Waals surface area contributed by atoms with Gasteiger partial charge in [-0.05, 0) is 0 Å². The number of halogens is 4. The molecule has 0 spiro atoms. The first-order valence-electron chi connectivity index (χ1n) is 3.45. The van der Waals surface area contributed by atoms with E-state index < -0.39 is 17.8 Å². The number of rotatable bonds is 1. The minimum absolute atomic E-state index is 0.0947. The number of aromatic nitrogens is 1. The van der Waals surface area contributed by atoms with Crippen LogP contribution in [0.4, 0.5) is 18.9 Å². The van der Waals surface area contributed by atoms with Gasteiger partial charge in [-0.3, -0.25) is 0 Å². The lowest BCUT2D eigenvalue weighted by atomic mass is 10.3. The Hall–Kier alpha value is -1.68. The molecule has 0 saturated carbocycles. The standard InChI is InChI=1S/C7H3ClF3N3O/c8-5-3(1-12)6(14-2-4(5)13)15-7(9,10)11/h2H,13H2. The van der Waals surface area contributed by atoms with Crippen LogP contribution < -0.4 is 10.5 Å². The summed E-state index contributed by atoms with van der Waals surface area (Å²) in [7, 11) is 0. The molecule has 0 radical (unpaired) electrons. The first kappa shape index (κ1) is 11.4. The lowest BCUT2D eigenvalue weighted by molar-refractivity contribution is -0.276. The highest BCUT2D eigenvalue weighted by atomic mass is 35.5. The highest BCUT2D eigenvalue weighted by molar-refractivity contribution is 6.34. The third kappa shape index (κ3) is 2.63. The normalized spacial score (nSPS) is 10.9. The van der Waals surface area contributed by atoms with Crippen molar-refractivity contribution in [1.82, 2.24) is 4.98 Å². The van der Waals surface area contributed by atoms with Crippen molar-refractivity contribution in [2.45, 2.75) is 6.36 Å². The van der Waals surface area contributed by atoms with E-state index in [-0.39, 0.29) is 10.7 Å². The first-order valence-corrected chi connectivity index (χ1v) is 3.82. The minimum atomic E-state index is -4.93. The topological polar surface area (TPSA) is 71.9 Å². The number of pyridine rings is 1. The molecule has 1 aromatic rings. The number of hydrogen-bond donors (Lipinski definition) is 1. The van der Waals surface area contributed by atoms with Crippen LogP contribution in [-0.4, -0.2) is 11.3 Å². The fourth-order valence-electron chi connectivity index (χ4n) is 0.772. The number of ether oxygens (including phenoxy) is 1. The fraction of sp³-hybridized carbons (Fsp3) is 0.143. The number of nitrogens with two attached hydrogens (primary N) is 1. The van der Waals surface area contributed by atoms with Gasteiger partial charge in [-0.15, -0.1) is 13.2 Å². The van der Waals surface area contributed by atoms with Gasteiger partial charge in [-0.1, -0.05) is 11.6 Å². The highest BCUT2D eigenvalue weighted by Gasteiger charge is 2.33. The molecule has 0 atom stereocenters. The Morgan fingerprint density at radius 3 is 2.60 bits per heavy atom. The van der Waals surface area contributed by atoms with Gasteiger partial charge in [0.1, 0.15) is 11.6 Å². The lowest BCUT2D eigenvalue weighted by Crippen LogP contribution is -2.19. The lowest BCUT2D eigenvalue weighted by Gasteiger charge is -2.10. The molecule has 0 bridgehead atoms. The molecular weight excluding hydrogens is 235 g/mol. The minimum Gasteiger partial charge on any atom is -0.396 e. The molecular formula is C7H3ClF3N3O. The molecule has 0 fully saturated rings. The molecule has 4 nitrogen and oxygen atoms in total. The molecule has 0 aliphatic rings. The summed E-state index contributed by atoms with van der Waals surface area (Å²) in [6.45, 7) is 0. The van der Waals surface area contributed by atoms with Crippen LogP contribution in [0.5, 0.6) is 5.88 Å². The van der Waals surface area contributed by atoms with Crippen LogP contribution in [0.1, 0.15) is 5.56 Å². The van der Waals surface area contributed by atoms with Crippen LogP contribution in [0.15, 0.2) is 6.20 Å². The van der Waals surface area contributed by atoms with E-state index in [1.165, 1.54) is 6.07 Å². The quantitative estimate of drug-likeness (QED) is 0.812. The van der Waals surface area contributed by atoms with Crippen molar-refractivity contribution in [1.29, 1.82) is 5.26 Å². The van der Waals surface area contributed by atoms with Crippen molar-refractivity contribution >= 4 is 17.3 Å². The maximum absolute atomic E-state index is 11.8. The second-order valence-electron chi connectivity index (χ2n) is 2.37. The molecule has 1 rings (SSSR count). The van der Waals surface area contributed by atoms with Crippen LogP contribution in [0.3, 0.4) is 0 Å². The molecule has 2 N–H and O–H groups in total. The second-order valence-corrected chi connectivity index (χ2v) is 2.75. The summed E-state index contributed by atoms with van der Waals surface area (Å²) in [5, 5.41) is 8.23. The van der Waals surface area contributed by atoms with Gasteiger partial charge in [0.15, 0.2) is 0 Å². The van der Waals surface area contributed by atoms with Gasteiger partial charge in [0.2, 0.25) is 5.88 Å². The van der Waals surface area contributed by atoms with E-state index in [1.54, 1.807) is 0 Å². The molecule has 0 unspecified atom stereocenters. The zero-order chi connectivity index (χ0) is 11.6. The Balaban J connectivity index is 3.21. The fourth-order valence-corrected chi connectivity index (χ4v) is 0.943. The van der Waals surface area contributed by atoms with Crippen molar-refractivity contribution < 1.29 is 17.9 Å². The van der Waals surface area contributed by atoms with Crippen LogP contribution in [0, 0.1) is 11.3 Å². The van der Waals surface area contributed by atoms with Gasteiger partial charge >= 0.3 is 6.36 Å². The number of hydrogen-bond acceptors (Lipinski definition) is 4. The third-order valence-corrected chi connectivity index (χ3v) is 1.74. The third-order valence-electron chi connectivity index (χ3n) is 1.33. The summed E-state index contributed by atoms with van der Waals surface area (Å²) >= 11 is 5.49. The van der Waals surface area contributed by atoms with Gasteiger partial charge in [0.05, 0.1) is 16.9 Å². The summed E-state index contributed by atoms with van der Waals surface area (Å²) in [4.78, 5) is 3.22. The SMILES string of the molecule is N#Cc1c(OC(F)(F)F)ncc(N)c1Cl. The van der Waals surface area contributed by atoms with Crippen LogP contribution >= 0.6 is 11.6 Å². The Kier molecular flexibility index (Phi) is 2.90. The van der Waals surface area contributed by atoms with E-state index >= 15 is 0 Å². The van der Waals surface area contributed by atoms with Crippen LogP contribution in [-0.2, 0) is 0 Å². The van der Waals surface area contributed by atoms with E-state index in [0.29, 0.717) is 0 Å². The molecule has 1 aromatic heterocycles. The van der Waals surface area contributed by atoms with Gasteiger partial charge in [-0.2, -0.15) is 5.26 Å². The highest BCUT2D eigenvalue weighted by Crippen LogP contribution is 2.31. The number of nitrogens with zero attached hydrogens (tertiary/aromatic N) is 2. The molecule has 0 aliphatic carbocycles. The van der Waals surface area contributed by atoms with Crippen LogP contribution in [0.2, 0.25) is 5.02 Å². The van der Waals surface area contributed by atoms with Crippen molar-refractivity contribution in [3.05, 3.63) is 16.8 Å². The van der Waals surface area contributed by atoms with E-state index in [2.05, 4.69) is 9.72 Å². The van der Waals surface area contributed by atoms with Gasteiger partial charge in [0.25, 0.3) is 0 Å². The summed E-state index contributed by atoms with van der Waals surface area (Å²) < 4.78 is 39.0. The average Bonchev–Trinajstić information content (AvgIpc) is 2.10. The molecule has 80 valence electrons. The molecule has 8 heteroatoms. The number of alkyl halides is 3. The number of nitriles is 1. The smallest absolute Gasteiger partial charge is 0.396 e. The summed E-state index contributed by atoms with van der Waals surface area (Å²) in [6, 6.07) is 1.43. The van der Waals surface area contributed by atoms with Crippen molar-refractivity contribution in [2.75, 3.05) is 5.73 Å². The zero-order valence-corrected chi connectivity index (χ0v) is 7.73. The van der Waals surface area contributed by atoms with E-state index in [1.807, 2.05) is 0 Å². The van der Waals surface area contributed by atoms with Crippen molar-refractivity contribution in [3.63, 3.8) is 0 Å². The molecule has 15 heavy (non-hydrogen) atoms. The van der Waals surface area contributed by atoms with Crippen molar-refractivity contribution in [3.8, 4) is 11.9 Å². The second kappa shape index (κ2) is 3.82. The predicted octanol–water partition coefficient (Wildman–Crippen LogP) is 2.09. The van der Waals surface area contributed by atoms with E-state index in [0.717, 1.165) is 6.20 Å². The maximum atomic E-state index is 11.8. The van der Waals surface area contributed by atoms with Crippen LogP contribution in [0.25, 0.3) is 0 Å². The van der Waals surface area contributed by atoms with E-state index in [4.69, 9.17) is 22.6 Å². The summed E-state index contributed by atoms with van der Waals surface area (Å²) in [5.74, 6) is -0.913. The molecule has 0 saturated heterocycles. The molecule has 1 heterocycles. The first-order chi connectivity index (χ1) is 6.85. The Morgan fingerprint density at radius 1 is 1.53 bits per heavy atom. The Bertz CT molecular complexity index is 427. The summed E-state index contributed by atoms with van der Waals surface area (Å²) in [6.07, 6.45) is -4.05. The number of nitrogen functional groups attached to an aromatic ring is 1. The molecule has 0 amide bonds. The monoisotopic (exact) mass is 237 g/mol. The van der Waals surface area contributed by atoms with Gasteiger partial charge in [-0.25, -0.2) is 4.98 Å². The van der Waals surface area contributed by atoms with E-state index in [9.17, 15) is 13.2 Å². The largest absolute Gasteiger partial charge is 0.574 e.